The second kappa shape index (κ2) is 4.13. The fourth-order valence-corrected chi connectivity index (χ4v) is 1.94. The zero-order valence-corrected chi connectivity index (χ0v) is 8.27. The molecule has 1 saturated carbocycles. The Balaban J connectivity index is 1.94. The van der Waals surface area contributed by atoms with Crippen molar-refractivity contribution in [3.63, 3.8) is 0 Å². The lowest BCUT2D eigenvalue weighted by Crippen LogP contribution is -1.94. The summed E-state index contributed by atoms with van der Waals surface area (Å²) in [7, 11) is 0. The van der Waals surface area contributed by atoms with E-state index >= 15 is 0 Å². The van der Waals surface area contributed by atoms with Crippen LogP contribution in [0.2, 0.25) is 0 Å². The molecule has 0 spiro atoms. The summed E-state index contributed by atoms with van der Waals surface area (Å²) in [5.74, 6) is 3.14. The highest BCUT2D eigenvalue weighted by Crippen LogP contribution is 2.42. The van der Waals surface area contributed by atoms with E-state index in [0.29, 0.717) is 0 Å². The third-order valence-corrected chi connectivity index (χ3v) is 3.09. The molecule has 3 atom stereocenters. The number of hydrogen-bond donors (Lipinski definition) is 0. The van der Waals surface area contributed by atoms with E-state index < -0.39 is 0 Å². The molecular weight excluding hydrogens is 132 g/mol. The van der Waals surface area contributed by atoms with Gasteiger partial charge in [0.05, 0.1) is 0 Å². The zero-order valence-electron chi connectivity index (χ0n) is 8.27. The van der Waals surface area contributed by atoms with Crippen LogP contribution in [0.1, 0.15) is 52.9 Å². The lowest BCUT2D eigenvalue weighted by molar-refractivity contribution is 0.448. The Morgan fingerprint density at radius 1 is 1.36 bits per heavy atom. The molecule has 11 heavy (non-hydrogen) atoms. The normalized spacial score (nSPS) is 31.9. The van der Waals surface area contributed by atoms with E-state index in [9.17, 15) is 0 Å². The summed E-state index contributed by atoms with van der Waals surface area (Å²) in [4.78, 5) is 0. The fourth-order valence-electron chi connectivity index (χ4n) is 1.94. The minimum Gasteiger partial charge on any atom is -0.0654 e. The average Bonchev–Trinajstić information content (AvgIpc) is 2.63. The first-order valence-corrected chi connectivity index (χ1v) is 5.24. The van der Waals surface area contributed by atoms with Gasteiger partial charge in [0.2, 0.25) is 0 Å². The van der Waals surface area contributed by atoms with E-state index in [-0.39, 0.29) is 0 Å². The van der Waals surface area contributed by atoms with Crippen molar-refractivity contribution in [1.82, 2.24) is 0 Å². The van der Waals surface area contributed by atoms with Gasteiger partial charge in [-0.2, -0.15) is 0 Å². The van der Waals surface area contributed by atoms with Crippen LogP contribution in [-0.4, -0.2) is 0 Å². The van der Waals surface area contributed by atoms with E-state index in [0.717, 1.165) is 17.8 Å². The second-order valence-electron chi connectivity index (χ2n) is 4.44. The fraction of sp³-hybridized carbons (Fsp3) is 1.00. The molecule has 1 aliphatic rings. The van der Waals surface area contributed by atoms with Gasteiger partial charge in [0, 0.05) is 0 Å². The maximum Gasteiger partial charge on any atom is -0.0386 e. The largest absolute Gasteiger partial charge is 0.0654 e. The van der Waals surface area contributed by atoms with Crippen molar-refractivity contribution in [2.45, 2.75) is 52.9 Å². The predicted octanol–water partition coefficient (Wildman–Crippen LogP) is 3.86. The van der Waals surface area contributed by atoms with Crippen LogP contribution in [0.25, 0.3) is 0 Å². The average molecular weight is 154 g/mol. The third-order valence-electron chi connectivity index (χ3n) is 3.09. The Kier molecular flexibility index (Phi) is 3.42. The van der Waals surface area contributed by atoms with Crippen molar-refractivity contribution < 1.29 is 0 Å². The molecule has 0 aromatic rings. The third kappa shape index (κ3) is 3.27. The smallest absolute Gasteiger partial charge is 0.0386 e. The standard InChI is InChI=1S/C11H22/c1-4-5-9(2)6-7-11-8-10(11)3/h9-11H,4-8H2,1-3H3. The minimum absolute atomic E-state index is 0.979. The van der Waals surface area contributed by atoms with Crippen LogP contribution in [0.3, 0.4) is 0 Å². The highest BCUT2D eigenvalue weighted by molar-refractivity contribution is 4.82. The van der Waals surface area contributed by atoms with Crippen molar-refractivity contribution in [1.29, 1.82) is 0 Å². The van der Waals surface area contributed by atoms with Crippen LogP contribution >= 0.6 is 0 Å². The van der Waals surface area contributed by atoms with Crippen molar-refractivity contribution >= 4 is 0 Å². The number of rotatable bonds is 5. The molecule has 0 saturated heterocycles. The van der Waals surface area contributed by atoms with Crippen LogP contribution < -0.4 is 0 Å². The quantitative estimate of drug-likeness (QED) is 0.564. The molecule has 0 aromatic carbocycles. The molecule has 0 heterocycles. The summed E-state index contributed by atoms with van der Waals surface area (Å²) in [5, 5.41) is 0. The van der Waals surface area contributed by atoms with E-state index in [2.05, 4.69) is 20.8 Å². The Labute approximate surface area is 71.4 Å². The molecule has 1 fully saturated rings. The topological polar surface area (TPSA) is 0 Å². The Hall–Kier alpha value is 0. The molecule has 66 valence electrons. The van der Waals surface area contributed by atoms with Crippen LogP contribution in [-0.2, 0) is 0 Å². The molecule has 3 unspecified atom stereocenters. The first kappa shape index (κ1) is 9.09. The van der Waals surface area contributed by atoms with Crippen LogP contribution in [0.5, 0.6) is 0 Å². The van der Waals surface area contributed by atoms with Gasteiger partial charge in [-0.15, -0.1) is 0 Å². The summed E-state index contributed by atoms with van der Waals surface area (Å²) >= 11 is 0. The van der Waals surface area contributed by atoms with E-state index in [1.165, 1.54) is 32.1 Å². The highest BCUT2D eigenvalue weighted by Gasteiger charge is 2.31. The zero-order chi connectivity index (χ0) is 8.27. The highest BCUT2D eigenvalue weighted by atomic mass is 14.4. The lowest BCUT2D eigenvalue weighted by Gasteiger charge is -2.08. The first-order chi connectivity index (χ1) is 5.24. The van der Waals surface area contributed by atoms with Crippen molar-refractivity contribution in [3.05, 3.63) is 0 Å². The van der Waals surface area contributed by atoms with Gasteiger partial charge in [0.25, 0.3) is 0 Å². The van der Waals surface area contributed by atoms with Gasteiger partial charge in [0.1, 0.15) is 0 Å². The van der Waals surface area contributed by atoms with Gasteiger partial charge in [-0.3, -0.25) is 0 Å². The summed E-state index contributed by atoms with van der Waals surface area (Å²) in [6.07, 6.45) is 7.28. The molecule has 0 bridgehead atoms. The van der Waals surface area contributed by atoms with E-state index in [4.69, 9.17) is 0 Å². The molecule has 0 heteroatoms. The van der Waals surface area contributed by atoms with Gasteiger partial charge in [-0.1, -0.05) is 40.0 Å². The Morgan fingerprint density at radius 3 is 2.45 bits per heavy atom. The van der Waals surface area contributed by atoms with Crippen molar-refractivity contribution in [3.8, 4) is 0 Å². The van der Waals surface area contributed by atoms with Crippen LogP contribution in [0, 0.1) is 17.8 Å². The van der Waals surface area contributed by atoms with Crippen LogP contribution in [0.4, 0.5) is 0 Å². The number of hydrogen-bond acceptors (Lipinski definition) is 0. The molecule has 0 amide bonds. The van der Waals surface area contributed by atoms with Crippen LogP contribution in [0.15, 0.2) is 0 Å². The Bertz CT molecular complexity index is 107. The van der Waals surface area contributed by atoms with Gasteiger partial charge in [0.15, 0.2) is 0 Å². The monoisotopic (exact) mass is 154 g/mol. The minimum atomic E-state index is 0.979. The molecule has 0 nitrogen and oxygen atoms in total. The molecule has 1 aliphatic carbocycles. The SMILES string of the molecule is CCCC(C)CCC1CC1C. The van der Waals surface area contributed by atoms with Gasteiger partial charge < -0.3 is 0 Å². The summed E-state index contributed by atoms with van der Waals surface area (Å²) in [6.45, 7) is 7.07. The summed E-state index contributed by atoms with van der Waals surface area (Å²) in [6, 6.07) is 0. The van der Waals surface area contributed by atoms with Gasteiger partial charge >= 0.3 is 0 Å². The second-order valence-corrected chi connectivity index (χ2v) is 4.44. The maximum atomic E-state index is 2.40. The van der Waals surface area contributed by atoms with Crippen molar-refractivity contribution in [2.75, 3.05) is 0 Å². The van der Waals surface area contributed by atoms with E-state index in [1.807, 2.05) is 0 Å². The van der Waals surface area contributed by atoms with Crippen molar-refractivity contribution in [2.24, 2.45) is 17.8 Å². The van der Waals surface area contributed by atoms with Gasteiger partial charge in [-0.25, -0.2) is 0 Å². The maximum absolute atomic E-state index is 2.40. The van der Waals surface area contributed by atoms with E-state index in [1.54, 1.807) is 0 Å². The summed E-state index contributed by atoms with van der Waals surface area (Å²) < 4.78 is 0. The molecule has 0 radical (unpaired) electrons. The molecule has 0 aliphatic heterocycles. The van der Waals surface area contributed by atoms with Gasteiger partial charge in [-0.05, 0) is 30.6 Å². The molecule has 0 aromatic heterocycles. The molecular formula is C11H22. The molecule has 0 N–H and O–H groups in total. The first-order valence-electron chi connectivity index (χ1n) is 5.24. The Morgan fingerprint density at radius 2 is 2.00 bits per heavy atom. The summed E-state index contributed by atoms with van der Waals surface area (Å²) in [5.41, 5.74) is 0. The molecule has 1 rings (SSSR count). The lowest BCUT2D eigenvalue weighted by atomic mass is 9.98. The predicted molar refractivity (Wildman–Crippen MR) is 50.6 cm³/mol.